The number of piperidine rings is 1. The lowest BCUT2D eigenvalue weighted by Crippen LogP contribution is -2.42. The number of carbonyl (C=O) groups excluding carboxylic acids is 2. The summed E-state index contributed by atoms with van der Waals surface area (Å²) in [6.45, 7) is 3.06. The smallest absolute Gasteiger partial charge is 0.272 e. The Kier molecular flexibility index (Phi) is 4.22. The molecule has 2 N–H and O–H groups in total. The van der Waals surface area contributed by atoms with Gasteiger partial charge in [-0.3, -0.25) is 9.59 Å². The normalized spacial score (nSPS) is 19.5. The van der Waals surface area contributed by atoms with Crippen LogP contribution in [0.5, 0.6) is 0 Å². The van der Waals surface area contributed by atoms with Gasteiger partial charge in [-0.05, 0) is 25.7 Å². The first-order valence-corrected chi connectivity index (χ1v) is 7.81. The zero-order chi connectivity index (χ0) is 15.5. The van der Waals surface area contributed by atoms with Crippen LogP contribution < -0.4 is 10.6 Å². The fourth-order valence-corrected chi connectivity index (χ4v) is 3.11. The van der Waals surface area contributed by atoms with E-state index in [1.54, 1.807) is 11.0 Å². The predicted molar refractivity (Wildman–Crippen MR) is 81.3 cm³/mol. The van der Waals surface area contributed by atoms with E-state index < -0.39 is 0 Å². The Hall–Kier alpha value is -2.18. The van der Waals surface area contributed by atoms with Gasteiger partial charge in [0.15, 0.2) is 0 Å². The Bertz CT molecular complexity index is 563. The van der Waals surface area contributed by atoms with Gasteiger partial charge >= 0.3 is 0 Å². The van der Waals surface area contributed by atoms with Gasteiger partial charge in [0.2, 0.25) is 5.91 Å². The van der Waals surface area contributed by atoms with Gasteiger partial charge in [0.25, 0.3) is 5.91 Å². The second-order valence-corrected chi connectivity index (χ2v) is 5.92. The maximum atomic E-state index is 12.5. The molecular formula is C15H21N5O2. The summed E-state index contributed by atoms with van der Waals surface area (Å²) in [5.41, 5.74) is 5.75. The molecule has 0 bridgehead atoms. The summed E-state index contributed by atoms with van der Waals surface area (Å²) in [5, 5.41) is 0. The van der Waals surface area contributed by atoms with Gasteiger partial charge in [0.1, 0.15) is 17.8 Å². The quantitative estimate of drug-likeness (QED) is 0.873. The summed E-state index contributed by atoms with van der Waals surface area (Å²) in [6.07, 6.45) is 5.04. The molecule has 1 aromatic rings. The summed E-state index contributed by atoms with van der Waals surface area (Å²) >= 11 is 0. The zero-order valence-electron chi connectivity index (χ0n) is 12.6. The summed E-state index contributed by atoms with van der Waals surface area (Å²) in [4.78, 5) is 36.0. The molecule has 3 rings (SSSR count). The summed E-state index contributed by atoms with van der Waals surface area (Å²) in [6, 6.07) is 1.77. The van der Waals surface area contributed by atoms with Gasteiger partial charge in [-0.1, -0.05) is 0 Å². The number of likely N-dealkylation sites (tertiary alicyclic amines) is 1. The van der Waals surface area contributed by atoms with Crippen LogP contribution in [0.1, 0.15) is 36.2 Å². The van der Waals surface area contributed by atoms with Crippen molar-refractivity contribution in [2.24, 2.45) is 11.7 Å². The third kappa shape index (κ3) is 3.03. The zero-order valence-corrected chi connectivity index (χ0v) is 12.6. The van der Waals surface area contributed by atoms with Crippen molar-refractivity contribution in [3.63, 3.8) is 0 Å². The Morgan fingerprint density at radius 1 is 1.09 bits per heavy atom. The lowest BCUT2D eigenvalue weighted by atomic mass is 9.96. The van der Waals surface area contributed by atoms with Crippen molar-refractivity contribution in [2.45, 2.75) is 25.7 Å². The van der Waals surface area contributed by atoms with Crippen LogP contribution in [-0.2, 0) is 4.79 Å². The van der Waals surface area contributed by atoms with E-state index in [0.717, 1.165) is 31.7 Å². The molecule has 0 spiro atoms. The molecule has 0 unspecified atom stereocenters. The molecule has 2 fully saturated rings. The average Bonchev–Trinajstić information content (AvgIpc) is 3.09. The highest BCUT2D eigenvalue weighted by molar-refractivity contribution is 5.93. The summed E-state index contributed by atoms with van der Waals surface area (Å²) in [5.74, 6) is 0.341. The van der Waals surface area contributed by atoms with Gasteiger partial charge in [0, 0.05) is 38.2 Å². The molecule has 3 heterocycles. The van der Waals surface area contributed by atoms with Gasteiger partial charge in [-0.15, -0.1) is 0 Å². The number of nitrogens with zero attached hydrogens (tertiary/aromatic N) is 4. The molecule has 1 aromatic heterocycles. The van der Waals surface area contributed by atoms with Crippen LogP contribution in [0.25, 0.3) is 0 Å². The fourth-order valence-electron chi connectivity index (χ4n) is 3.11. The monoisotopic (exact) mass is 303 g/mol. The molecule has 0 saturated carbocycles. The Morgan fingerprint density at radius 3 is 2.41 bits per heavy atom. The highest BCUT2D eigenvalue weighted by Gasteiger charge is 2.27. The molecule has 0 aliphatic carbocycles. The molecule has 7 heteroatoms. The minimum absolute atomic E-state index is 0.0919. The first kappa shape index (κ1) is 14.7. The van der Waals surface area contributed by atoms with Crippen molar-refractivity contribution in [3.05, 3.63) is 18.1 Å². The molecule has 2 aliphatic rings. The second kappa shape index (κ2) is 6.29. The Balaban J connectivity index is 1.67. The van der Waals surface area contributed by atoms with E-state index in [9.17, 15) is 9.59 Å². The van der Waals surface area contributed by atoms with E-state index in [4.69, 9.17) is 5.73 Å². The lowest BCUT2D eigenvalue weighted by Gasteiger charge is -2.30. The number of amides is 2. The molecule has 2 saturated heterocycles. The van der Waals surface area contributed by atoms with E-state index in [0.29, 0.717) is 31.6 Å². The van der Waals surface area contributed by atoms with Crippen LogP contribution in [0.2, 0.25) is 0 Å². The minimum atomic E-state index is -0.273. The van der Waals surface area contributed by atoms with Crippen molar-refractivity contribution in [2.75, 3.05) is 31.1 Å². The average molecular weight is 303 g/mol. The number of hydrogen-bond acceptors (Lipinski definition) is 5. The molecular weight excluding hydrogens is 282 g/mol. The topological polar surface area (TPSA) is 92.4 Å². The standard InChI is InChI=1S/C15H21N5O2/c16-14(21)11-3-7-20(8-4-11)15(22)12-9-13(18-10-17-12)19-5-1-2-6-19/h9-11H,1-8H2,(H2,16,21). The van der Waals surface area contributed by atoms with E-state index >= 15 is 0 Å². The fraction of sp³-hybridized carbons (Fsp3) is 0.600. The van der Waals surface area contributed by atoms with Crippen molar-refractivity contribution < 1.29 is 9.59 Å². The van der Waals surface area contributed by atoms with Crippen molar-refractivity contribution in [1.29, 1.82) is 0 Å². The van der Waals surface area contributed by atoms with E-state index in [2.05, 4.69) is 14.9 Å². The summed E-state index contributed by atoms with van der Waals surface area (Å²) in [7, 11) is 0. The molecule has 0 aromatic carbocycles. The van der Waals surface area contributed by atoms with Crippen LogP contribution in [0, 0.1) is 5.92 Å². The van der Waals surface area contributed by atoms with Crippen molar-refractivity contribution >= 4 is 17.6 Å². The largest absolute Gasteiger partial charge is 0.369 e. The van der Waals surface area contributed by atoms with Gasteiger partial charge in [-0.25, -0.2) is 9.97 Å². The third-order valence-electron chi connectivity index (χ3n) is 4.49. The minimum Gasteiger partial charge on any atom is -0.369 e. The third-order valence-corrected chi connectivity index (χ3v) is 4.49. The molecule has 2 amide bonds. The number of carbonyl (C=O) groups is 2. The van der Waals surface area contributed by atoms with Crippen molar-refractivity contribution in [3.8, 4) is 0 Å². The van der Waals surface area contributed by atoms with Gasteiger partial charge in [0.05, 0.1) is 0 Å². The van der Waals surface area contributed by atoms with E-state index in [1.165, 1.54) is 6.33 Å². The maximum Gasteiger partial charge on any atom is 0.272 e. The Labute approximate surface area is 129 Å². The van der Waals surface area contributed by atoms with E-state index in [-0.39, 0.29) is 17.7 Å². The molecule has 0 atom stereocenters. The number of nitrogens with two attached hydrogens (primary N) is 1. The molecule has 118 valence electrons. The number of hydrogen-bond donors (Lipinski definition) is 1. The molecule has 0 radical (unpaired) electrons. The Morgan fingerprint density at radius 2 is 1.77 bits per heavy atom. The predicted octanol–water partition coefficient (Wildman–Crippen LogP) is 0.414. The number of aromatic nitrogens is 2. The molecule has 7 nitrogen and oxygen atoms in total. The molecule has 2 aliphatic heterocycles. The van der Waals surface area contributed by atoms with Gasteiger partial charge in [-0.2, -0.15) is 0 Å². The SMILES string of the molecule is NC(=O)C1CCN(C(=O)c2cc(N3CCCC3)ncn2)CC1. The molecule has 22 heavy (non-hydrogen) atoms. The highest BCUT2D eigenvalue weighted by Crippen LogP contribution is 2.21. The van der Waals surface area contributed by atoms with Crippen LogP contribution in [-0.4, -0.2) is 52.9 Å². The number of primary amides is 1. The van der Waals surface area contributed by atoms with Gasteiger partial charge < -0.3 is 15.5 Å². The van der Waals surface area contributed by atoms with Crippen LogP contribution in [0.15, 0.2) is 12.4 Å². The first-order chi connectivity index (χ1) is 10.6. The van der Waals surface area contributed by atoms with Crippen LogP contribution >= 0.6 is 0 Å². The van der Waals surface area contributed by atoms with Crippen LogP contribution in [0.4, 0.5) is 5.82 Å². The number of rotatable bonds is 3. The highest BCUT2D eigenvalue weighted by atomic mass is 16.2. The number of anilines is 1. The van der Waals surface area contributed by atoms with E-state index in [1.807, 2.05) is 0 Å². The summed E-state index contributed by atoms with van der Waals surface area (Å²) < 4.78 is 0. The first-order valence-electron chi connectivity index (χ1n) is 7.81. The van der Waals surface area contributed by atoms with Crippen molar-refractivity contribution in [1.82, 2.24) is 14.9 Å². The second-order valence-electron chi connectivity index (χ2n) is 5.92. The maximum absolute atomic E-state index is 12.5. The lowest BCUT2D eigenvalue weighted by molar-refractivity contribution is -0.123. The van der Waals surface area contributed by atoms with Crippen LogP contribution in [0.3, 0.4) is 0 Å².